The molecule has 1 N–H and O–H groups in total. The molecular formula is C15H18FN3OS. The maximum atomic E-state index is 13.8. The minimum Gasteiger partial charge on any atom is -0.490 e. The molecular weight excluding hydrogens is 289 g/mol. The van der Waals surface area contributed by atoms with Gasteiger partial charge in [0.2, 0.25) is 5.13 Å². The molecule has 1 atom stereocenters. The average molecular weight is 307 g/mol. The first kappa shape index (κ1) is 14.3. The van der Waals surface area contributed by atoms with Gasteiger partial charge >= 0.3 is 0 Å². The zero-order valence-corrected chi connectivity index (χ0v) is 12.9. The molecule has 21 heavy (non-hydrogen) atoms. The minimum absolute atomic E-state index is 0.0179. The molecule has 1 aromatic carbocycles. The van der Waals surface area contributed by atoms with Crippen LogP contribution in [0.4, 0.5) is 9.52 Å². The summed E-state index contributed by atoms with van der Waals surface area (Å²) in [6.07, 6.45) is 1.66. The number of rotatable bonds is 4. The van der Waals surface area contributed by atoms with Gasteiger partial charge in [0.25, 0.3) is 0 Å². The first-order chi connectivity index (χ1) is 10.1. The smallest absolute Gasteiger partial charge is 0.203 e. The summed E-state index contributed by atoms with van der Waals surface area (Å²) in [6, 6.07) is 5.05. The van der Waals surface area contributed by atoms with Crippen LogP contribution in [0.15, 0.2) is 18.2 Å². The van der Waals surface area contributed by atoms with Gasteiger partial charge in [0.05, 0.1) is 12.6 Å². The van der Waals surface area contributed by atoms with E-state index in [1.807, 2.05) is 6.07 Å². The van der Waals surface area contributed by atoms with E-state index in [1.54, 1.807) is 6.07 Å². The van der Waals surface area contributed by atoms with Crippen LogP contribution in [0.2, 0.25) is 0 Å². The Kier molecular flexibility index (Phi) is 4.05. The summed E-state index contributed by atoms with van der Waals surface area (Å²) in [6.45, 7) is 4.79. The van der Waals surface area contributed by atoms with E-state index in [0.717, 1.165) is 29.4 Å². The van der Waals surface area contributed by atoms with Crippen LogP contribution in [0.3, 0.4) is 0 Å². The van der Waals surface area contributed by atoms with Crippen LogP contribution in [0.5, 0.6) is 5.75 Å². The molecule has 0 bridgehead atoms. The Hall–Kier alpha value is -1.69. The van der Waals surface area contributed by atoms with Crippen LogP contribution < -0.4 is 10.1 Å². The lowest BCUT2D eigenvalue weighted by Crippen LogP contribution is -2.21. The van der Waals surface area contributed by atoms with Gasteiger partial charge < -0.3 is 10.1 Å². The lowest BCUT2D eigenvalue weighted by Gasteiger charge is -2.26. The number of halogens is 1. The molecule has 0 amide bonds. The number of nitrogens with one attached hydrogen (secondary N) is 1. The molecule has 2 aromatic rings. The van der Waals surface area contributed by atoms with Crippen LogP contribution in [0, 0.1) is 11.7 Å². The van der Waals surface area contributed by atoms with Crippen LogP contribution >= 0.6 is 11.5 Å². The van der Waals surface area contributed by atoms with Crippen LogP contribution in [0.25, 0.3) is 0 Å². The van der Waals surface area contributed by atoms with Gasteiger partial charge in [-0.1, -0.05) is 26.0 Å². The summed E-state index contributed by atoms with van der Waals surface area (Å²) in [5.74, 6) is 1.44. The van der Waals surface area contributed by atoms with E-state index < -0.39 is 0 Å². The zero-order chi connectivity index (χ0) is 14.8. The molecule has 112 valence electrons. The molecule has 0 unspecified atom stereocenters. The zero-order valence-electron chi connectivity index (χ0n) is 12.1. The van der Waals surface area contributed by atoms with Gasteiger partial charge in [-0.3, -0.25) is 0 Å². The van der Waals surface area contributed by atoms with Crippen molar-refractivity contribution in [2.75, 3.05) is 11.9 Å². The Morgan fingerprint density at radius 1 is 1.48 bits per heavy atom. The number of hydrogen-bond donors (Lipinski definition) is 1. The van der Waals surface area contributed by atoms with Crippen molar-refractivity contribution in [3.05, 3.63) is 35.4 Å². The highest BCUT2D eigenvalue weighted by Gasteiger charge is 2.24. The SMILES string of the molecule is CC(C)Cc1nsc(N[C@H]2CCOc3c(F)cccc32)n1. The molecule has 2 heterocycles. The number of ether oxygens (including phenoxy) is 1. The minimum atomic E-state index is -0.309. The molecule has 1 aromatic heterocycles. The van der Waals surface area contributed by atoms with E-state index in [-0.39, 0.29) is 11.9 Å². The van der Waals surface area contributed by atoms with Crippen LogP contribution in [0.1, 0.15) is 37.7 Å². The number of benzene rings is 1. The van der Waals surface area contributed by atoms with Crippen molar-refractivity contribution in [3.8, 4) is 5.75 Å². The number of hydrogen-bond acceptors (Lipinski definition) is 5. The Bertz CT molecular complexity index is 629. The number of anilines is 1. The van der Waals surface area contributed by atoms with Crippen LogP contribution in [-0.2, 0) is 6.42 Å². The van der Waals surface area contributed by atoms with E-state index in [1.165, 1.54) is 17.6 Å². The standard InChI is InChI=1S/C15H18FN3OS/c1-9(2)8-13-18-15(21-19-13)17-12-6-7-20-14-10(12)4-3-5-11(14)16/h3-5,9,12H,6-8H2,1-2H3,(H,17,18,19)/t12-/m0/s1. The topological polar surface area (TPSA) is 47.0 Å². The van der Waals surface area contributed by atoms with Crippen molar-refractivity contribution in [3.63, 3.8) is 0 Å². The van der Waals surface area contributed by atoms with Gasteiger partial charge in [0, 0.05) is 29.9 Å². The van der Waals surface area contributed by atoms with E-state index in [0.29, 0.717) is 18.3 Å². The maximum Gasteiger partial charge on any atom is 0.203 e. The van der Waals surface area contributed by atoms with Crippen molar-refractivity contribution in [1.29, 1.82) is 0 Å². The van der Waals surface area contributed by atoms with Crippen molar-refractivity contribution in [2.24, 2.45) is 5.92 Å². The highest BCUT2D eigenvalue weighted by Crippen LogP contribution is 2.36. The maximum absolute atomic E-state index is 13.8. The number of fused-ring (bicyclic) bond motifs is 1. The average Bonchev–Trinajstić information content (AvgIpc) is 2.86. The van der Waals surface area contributed by atoms with Gasteiger partial charge in [-0.25, -0.2) is 9.37 Å². The second-order valence-corrected chi connectivity index (χ2v) is 6.36. The molecule has 1 aliphatic rings. The van der Waals surface area contributed by atoms with E-state index in [2.05, 4.69) is 28.5 Å². The third-order valence-electron chi connectivity index (χ3n) is 3.38. The van der Waals surface area contributed by atoms with Gasteiger partial charge in [0.15, 0.2) is 11.6 Å². The Morgan fingerprint density at radius 3 is 3.14 bits per heavy atom. The Labute approximate surface area is 127 Å². The van der Waals surface area contributed by atoms with Crippen molar-refractivity contribution < 1.29 is 9.13 Å². The van der Waals surface area contributed by atoms with Gasteiger partial charge in [-0.15, -0.1) is 0 Å². The normalized spacial score (nSPS) is 17.4. The number of para-hydroxylation sites is 1. The van der Waals surface area contributed by atoms with E-state index in [9.17, 15) is 4.39 Å². The summed E-state index contributed by atoms with van der Waals surface area (Å²) >= 11 is 1.36. The van der Waals surface area contributed by atoms with Crippen molar-refractivity contribution in [1.82, 2.24) is 9.36 Å². The molecule has 0 aliphatic carbocycles. The van der Waals surface area contributed by atoms with Crippen molar-refractivity contribution >= 4 is 16.7 Å². The summed E-state index contributed by atoms with van der Waals surface area (Å²) in [4.78, 5) is 4.50. The largest absolute Gasteiger partial charge is 0.490 e. The molecule has 0 radical (unpaired) electrons. The van der Waals surface area contributed by atoms with Crippen molar-refractivity contribution in [2.45, 2.75) is 32.7 Å². The molecule has 3 rings (SSSR count). The molecule has 0 saturated heterocycles. The van der Waals surface area contributed by atoms with E-state index in [4.69, 9.17) is 4.74 Å². The highest BCUT2D eigenvalue weighted by molar-refractivity contribution is 7.09. The molecule has 6 heteroatoms. The fraction of sp³-hybridized carbons (Fsp3) is 0.467. The van der Waals surface area contributed by atoms with Gasteiger partial charge in [-0.05, 0) is 12.0 Å². The number of nitrogens with zero attached hydrogens (tertiary/aromatic N) is 2. The quantitative estimate of drug-likeness (QED) is 0.933. The molecule has 1 aliphatic heterocycles. The van der Waals surface area contributed by atoms with Gasteiger partial charge in [-0.2, -0.15) is 4.37 Å². The number of aromatic nitrogens is 2. The second-order valence-electron chi connectivity index (χ2n) is 5.61. The van der Waals surface area contributed by atoms with Gasteiger partial charge in [0.1, 0.15) is 5.82 Å². The Balaban J connectivity index is 1.77. The Morgan fingerprint density at radius 2 is 2.33 bits per heavy atom. The lowest BCUT2D eigenvalue weighted by atomic mass is 10.0. The van der Waals surface area contributed by atoms with E-state index >= 15 is 0 Å². The monoisotopic (exact) mass is 307 g/mol. The lowest BCUT2D eigenvalue weighted by molar-refractivity contribution is 0.260. The summed E-state index contributed by atoms with van der Waals surface area (Å²) in [5.41, 5.74) is 0.849. The summed E-state index contributed by atoms with van der Waals surface area (Å²) < 4.78 is 23.5. The predicted octanol–water partition coefficient (Wildman–Crippen LogP) is 3.81. The van der Waals surface area contributed by atoms with Crippen LogP contribution in [-0.4, -0.2) is 16.0 Å². The second kappa shape index (κ2) is 5.97. The first-order valence-corrected chi connectivity index (χ1v) is 7.91. The highest BCUT2D eigenvalue weighted by atomic mass is 32.1. The summed E-state index contributed by atoms with van der Waals surface area (Å²) in [7, 11) is 0. The molecule has 0 spiro atoms. The third kappa shape index (κ3) is 3.15. The third-order valence-corrected chi connectivity index (χ3v) is 4.07. The molecule has 4 nitrogen and oxygen atoms in total. The molecule has 0 fully saturated rings. The predicted molar refractivity (Wildman–Crippen MR) is 81.3 cm³/mol. The fourth-order valence-electron chi connectivity index (χ4n) is 2.45. The molecule has 0 saturated carbocycles. The summed E-state index contributed by atoms with van der Waals surface area (Å²) in [5, 5.41) is 4.14. The fourth-order valence-corrected chi connectivity index (χ4v) is 3.09. The first-order valence-electron chi connectivity index (χ1n) is 7.14.